The number of hydrogen-bond acceptors (Lipinski definition) is 5. The highest BCUT2D eigenvalue weighted by molar-refractivity contribution is 7.44. The van der Waals surface area contributed by atoms with Gasteiger partial charge in [-0.15, -0.1) is 0 Å². The smallest absolute Gasteiger partial charge is 0.260 e. The monoisotopic (exact) mass is 619 g/mol. The summed E-state index contributed by atoms with van der Waals surface area (Å²) < 4.78 is 28.6. The Morgan fingerprint density at radius 2 is 1.00 bits per heavy atom. The van der Waals surface area contributed by atoms with Crippen LogP contribution in [0.15, 0.2) is 48.5 Å². The van der Waals surface area contributed by atoms with E-state index in [4.69, 9.17) is 18.5 Å². The van der Waals surface area contributed by atoms with E-state index in [0.29, 0.717) is 24.0 Å². The summed E-state index contributed by atoms with van der Waals surface area (Å²) in [6.07, 6.45) is 17.0. The average Bonchev–Trinajstić information content (AvgIpc) is 3.25. The molecule has 44 heavy (non-hydrogen) atoms. The van der Waals surface area contributed by atoms with Crippen molar-refractivity contribution in [3.05, 3.63) is 59.7 Å². The number of ether oxygens (including phenoxy) is 2. The number of rotatable bonds is 7. The Bertz CT molecular complexity index is 1130. The molecule has 10 atom stereocenters. The maximum absolute atomic E-state index is 7.49. The molecule has 0 bridgehead atoms. The molecule has 0 N–H and O–H groups in total. The zero-order valence-electron chi connectivity index (χ0n) is 27.4. The number of benzene rings is 2. The molecule has 1 heterocycles. The van der Waals surface area contributed by atoms with Crippen LogP contribution in [0.1, 0.15) is 114 Å². The van der Waals surface area contributed by atoms with Crippen LogP contribution in [-0.4, -0.2) is 31.1 Å². The van der Waals surface area contributed by atoms with Crippen LogP contribution < -0.4 is 9.47 Å². The van der Waals surface area contributed by atoms with Crippen LogP contribution >= 0.6 is 8.53 Å². The summed E-state index contributed by atoms with van der Waals surface area (Å²) in [5.74, 6) is 6.54. The highest BCUT2D eigenvalue weighted by Crippen LogP contribution is 2.65. The SMILES string of the molecule is COc1ccc(C(C)N(C(C)c2ccc(OC)cc2)P2OC3CCC4CCCCC4C3C3C(CCC4CCCCC43)O2)cc1. The molecule has 7 rings (SSSR count). The Morgan fingerprint density at radius 3 is 1.41 bits per heavy atom. The lowest BCUT2D eigenvalue weighted by Crippen LogP contribution is -2.51. The first-order valence-electron chi connectivity index (χ1n) is 17.8. The van der Waals surface area contributed by atoms with Gasteiger partial charge in [-0.05, 0) is 123 Å². The van der Waals surface area contributed by atoms with Crippen LogP contribution in [-0.2, 0) is 9.05 Å². The van der Waals surface area contributed by atoms with Crippen molar-refractivity contribution in [2.75, 3.05) is 14.2 Å². The van der Waals surface area contributed by atoms with Gasteiger partial charge in [-0.2, -0.15) is 0 Å². The van der Waals surface area contributed by atoms with Gasteiger partial charge in [0.25, 0.3) is 8.53 Å². The Morgan fingerprint density at radius 1 is 0.591 bits per heavy atom. The molecule has 2 aromatic carbocycles. The van der Waals surface area contributed by atoms with Crippen molar-refractivity contribution < 1.29 is 18.5 Å². The third-order valence-corrected chi connectivity index (χ3v) is 14.5. The Balaban J connectivity index is 1.27. The fraction of sp³-hybridized carbons (Fsp3) is 0.684. The summed E-state index contributed by atoms with van der Waals surface area (Å²) in [5, 5.41) is 0. The molecule has 4 aliphatic carbocycles. The van der Waals surface area contributed by atoms with Gasteiger partial charge in [-0.1, -0.05) is 62.8 Å². The third kappa shape index (κ3) is 5.96. The third-order valence-electron chi connectivity index (χ3n) is 12.5. The molecule has 1 aliphatic heterocycles. The van der Waals surface area contributed by atoms with E-state index in [0.717, 1.165) is 35.2 Å². The van der Waals surface area contributed by atoms with E-state index in [1.54, 1.807) is 14.2 Å². The molecule has 0 amide bonds. The van der Waals surface area contributed by atoms with E-state index in [1.165, 1.54) is 88.2 Å². The molecule has 4 saturated carbocycles. The van der Waals surface area contributed by atoms with Gasteiger partial charge in [0.05, 0.1) is 26.4 Å². The molecule has 240 valence electrons. The quantitative estimate of drug-likeness (QED) is 0.289. The number of nitrogens with zero attached hydrogens (tertiary/aromatic N) is 1. The largest absolute Gasteiger partial charge is 0.497 e. The highest BCUT2D eigenvalue weighted by atomic mass is 31.2. The number of hydrogen-bond donors (Lipinski definition) is 0. The van der Waals surface area contributed by atoms with E-state index in [-0.39, 0.29) is 12.1 Å². The molecule has 5 fully saturated rings. The summed E-state index contributed by atoms with van der Waals surface area (Å²) in [7, 11) is 2.20. The molecule has 1 saturated heterocycles. The topological polar surface area (TPSA) is 40.2 Å². The molecule has 0 aromatic heterocycles. The van der Waals surface area contributed by atoms with Gasteiger partial charge in [0, 0.05) is 12.1 Å². The van der Waals surface area contributed by atoms with E-state index in [9.17, 15) is 0 Å². The first kappa shape index (κ1) is 31.0. The first-order valence-corrected chi connectivity index (χ1v) is 18.9. The van der Waals surface area contributed by atoms with E-state index in [1.807, 2.05) is 0 Å². The summed E-state index contributed by atoms with van der Waals surface area (Å²) in [5.41, 5.74) is 2.54. The van der Waals surface area contributed by atoms with Crippen LogP contribution in [0.3, 0.4) is 0 Å². The predicted octanol–water partition coefficient (Wildman–Crippen LogP) is 10.3. The second-order valence-corrected chi connectivity index (χ2v) is 15.9. The van der Waals surface area contributed by atoms with Crippen molar-refractivity contribution in [2.45, 2.75) is 115 Å². The lowest BCUT2D eigenvalue weighted by Gasteiger charge is -2.53. The Kier molecular flexibility index (Phi) is 9.58. The fourth-order valence-corrected chi connectivity index (χ4v) is 12.3. The fourth-order valence-electron chi connectivity index (χ4n) is 10.3. The first-order chi connectivity index (χ1) is 21.6. The molecule has 10 unspecified atom stereocenters. The highest BCUT2D eigenvalue weighted by Gasteiger charge is 2.56. The number of fused-ring (bicyclic) bond motifs is 7. The van der Waals surface area contributed by atoms with Crippen molar-refractivity contribution in [1.82, 2.24) is 4.67 Å². The lowest BCUT2D eigenvalue weighted by molar-refractivity contribution is -0.0856. The predicted molar refractivity (Wildman–Crippen MR) is 178 cm³/mol. The second-order valence-electron chi connectivity index (χ2n) is 14.5. The van der Waals surface area contributed by atoms with Crippen LogP contribution in [0.4, 0.5) is 0 Å². The molecule has 6 heteroatoms. The molecule has 5 nitrogen and oxygen atoms in total. The van der Waals surface area contributed by atoms with Crippen molar-refractivity contribution in [3.8, 4) is 11.5 Å². The van der Waals surface area contributed by atoms with Gasteiger partial charge in [0.2, 0.25) is 0 Å². The van der Waals surface area contributed by atoms with Gasteiger partial charge >= 0.3 is 0 Å². The summed E-state index contributed by atoms with van der Waals surface area (Å²) in [4.78, 5) is 0. The lowest BCUT2D eigenvalue weighted by atomic mass is 9.53. The second kappa shape index (κ2) is 13.6. The molecular weight excluding hydrogens is 565 g/mol. The maximum Gasteiger partial charge on any atom is 0.260 e. The molecule has 5 aliphatic rings. The maximum atomic E-state index is 7.49. The normalized spacial score (nSPS) is 36.5. The van der Waals surface area contributed by atoms with Crippen molar-refractivity contribution in [3.63, 3.8) is 0 Å². The summed E-state index contributed by atoms with van der Waals surface area (Å²) >= 11 is 0. The molecule has 2 aromatic rings. The minimum absolute atomic E-state index is 0.121. The zero-order valence-corrected chi connectivity index (χ0v) is 28.3. The minimum atomic E-state index is -1.28. The van der Waals surface area contributed by atoms with Crippen LogP contribution in [0.2, 0.25) is 0 Å². The molecule has 0 spiro atoms. The van der Waals surface area contributed by atoms with E-state index >= 15 is 0 Å². The zero-order chi connectivity index (χ0) is 30.2. The minimum Gasteiger partial charge on any atom is -0.497 e. The van der Waals surface area contributed by atoms with Crippen molar-refractivity contribution in [1.29, 1.82) is 0 Å². The Hall–Kier alpha value is -1.65. The Labute approximate surface area is 267 Å². The van der Waals surface area contributed by atoms with Crippen LogP contribution in [0, 0.1) is 35.5 Å². The van der Waals surface area contributed by atoms with E-state index in [2.05, 4.69) is 67.0 Å². The van der Waals surface area contributed by atoms with Crippen LogP contribution in [0.5, 0.6) is 11.5 Å². The average molecular weight is 620 g/mol. The van der Waals surface area contributed by atoms with Crippen LogP contribution in [0.25, 0.3) is 0 Å². The number of methoxy groups -OCH3 is 2. The standard InChI is InChI=1S/C38H54NO4P/c1-25(27-13-19-31(40-3)20-14-27)39(26(2)28-15-21-32(41-4)22-16-28)44-42-35-23-17-29-9-5-7-11-33(29)37(35)38-34-12-8-6-10-30(34)18-24-36(38)43-44/h13-16,19-22,25-26,29-30,33-38H,5-12,17-18,23-24H2,1-4H3. The van der Waals surface area contributed by atoms with Gasteiger partial charge in [-0.3, -0.25) is 0 Å². The molecule has 0 radical (unpaired) electrons. The van der Waals surface area contributed by atoms with E-state index < -0.39 is 8.53 Å². The van der Waals surface area contributed by atoms with Gasteiger partial charge in [-0.25, -0.2) is 4.67 Å². The van der Waals surface area contributed by atoms with Gasteiger partial charge in [0.1, 0.15) is 11.5 Å². The summed E-state index contributed by atoms with van der Waals surface area (Å²) in [6, 6.07) is 17.5. The summed E-state index contributed by atoms with van der Waals surface area (Å²) in [6.45, 7) is 4.68. The van der Waals surface area contributed by atoms with Crippen molar-refractivity contribution in [2.24, 2.45) is 35.5 Å². The molecular formula is C38H54NO4P. The van der Waals surface area contributed by atoms with Gasteiger partial charge < -0.3 is 18.5 Å². The van der Waals surface area contributed by atoms with Crippen molar-refractivity contribution >= 4 is 8.53 Å². The van der Waals surface area contributed by atoms with Gasteiger partial charge in [0.15, 0.2) is 0 Å².